The molecule has 0 atom stereocenters. The predicted octanol–water partition coefficient (Wildman–Crippen LogP) is 5.54. The highest BCUT2D eigenvalue weighted by atomic mass is 19.1. The molecule has 0 aliphatic carbocycles. The molecule has 0 aliphatic rings. The second-order valence-electron chi connectivity index (χ2n) is 6.03. The number of hydrogen-bond acceptors (Lipinski definition) is 1. The molecule has 4 rings (SSSR count). The Kier molecular flexibility index (Phi) is 4.32. The van der Waals surface area contributed by atoms with E-state index in [1.54, 1.807) is 48.9 Å². The lowest BCUT2D eigenvalue weighted by Crippen LogP contribution is -2.02. The summed E-state index contributed by atoms with van der Waals surface area (Å²) >= 11 is 0. The zero-order valence-corrected chi connectivity index (χ0v) is 13.9. The van der Waals surface area contributed by atoms with E-state index in [1.807, 2.05) is 29.0 Å². The summed E-state index contributed by atoms with van der Waals surface area (Å²) in [5.74, 6) is -0.659. The van der Waals surface area contributed by atoms with Crippen molar-refractivity contribution < 1.29 is 8.78 Å². The molecule has 0 bridgehead atoms. The van der Waals surface area contributed by atoms with E-state index >= 15 is 0 Å². The van der Waals surface area contributed by atoms with Crippen molar-refractivity contribution in [2.45, 2.75) is 6.54 Å². The topological polar surface area (TPSA) is 17.8 Å². The van der Waals surface area contributed by atoms with Crippen LogP contribution < -0.4 is 0 Å². The summed E-state index contributed by atoms with van der Waals surface area (Å²) in [7, 11) is 0. The first-order valence-corrected chi connectivity index (χ1v) is 8.31. The minimum atomic E-state index is -0.330. The van der Waals surface area contributed by atoms with Crippen LogP contribution in [-0.2, 0) is 6.54 Å². The van der Waals surface area contributed by atoms with Crippen LogP contribution in [0.3, 0.4) is 0 Å². The van der Waals surface area contributed by atoms with Gasteiger partial charge in [-0.15, -0.1) is 0 Å². The number of halogens is 2. The van der Waals surface area contributed by atoms with Gasteiger partial charge >= 0.3 is 0 Å². The molecule has 128 valence electrons. The van der Waals surface area contributed by atoms with E-state index in [9.17, 15) is 8.78 Å². The molecule has 0 radical (unpaired) electrons. The van der Waals surface area contributed by atoms with Gasteiger partial charge in [0.2, 0.25) is 0 Å². The van der Waals surface area contributed by atoms with Gasteiger partial charge in [0.05, 0.1) is 6.33 Å². The van der Waals surface area contributed by atoms with Gasteiger partial charge in [0.1, 0.15) is 11.6 Å². The average molecular weight is 346 g/mol. The third kappa shape index (κ3) is 3.02. The van der Waals surface area contributed by atoms with Crippen LogP contribution in [0.5, 0.6) is 0 Å². The molecule has 0 aliphatic heterocycles. The van der Waals surface area contributed by atoms with E-state index in [1.165, 1.54) is 12.1 Å². The maximum atomic E-state index is 14.6. The third-order valence-electron chi connectivity index (χ3n) is 4.37. The van der Waals surface area contributed by atoms with Crippen LogP contribution in [0.15, 0.2) is 85.5 Å². The molecule has 4 aromatic rings. The molecule has 4 heteroatoms. The van der Waals surface area contributed by atoms with E-state index in [0.29, 0.717) is 28.8 Å². The summed E-state index contributed by atoms with van der Waals surface area (Å²) in [5.41, 5.74) is 3.18. The van der Waals surface area contributed by atoms with Gasteiger partial charge in [-0.25, -0.2) is 13.8 Å². The number of nitrogens with zero attached hydrogens (tertiary/aromatic N) is 2. The van der Waals surface area contributed by atoms with Crippen molar-refractivity contribution >= 4 is 0 Å². The molecule has 0 spiro atoms. The maximum absolute atomic E-state index is 14.6. The minimum absolute atomic E-state index is 0.329. The van der Waals surface area contributed by atoms with Crippen molar-refractivity contribution in [1.29, 1.82) is 0 Å². The summed E-state index contributed by atoms with van der Waals surface area (Å²) in [6.07, 6.45) is 5.26. The summed E-state index contributed by atoms with van der Waals surface area (Å²) in [6.45, 7) is 0.520. The van der Waals surface area contributed by atoms with Crippen molar-refractivity contribution in [3.05, 3.63) is 103 Å². The highest BCUT2D eigenvalue weighted by Crippen LogP contribution is 2.37. The maximum Gasteiger partial charge on any atom is 0.131 e. The lowest BCUT2D eigenvalue weighted by atomic mass is 9.90. The molecule has 0 N–H and O–H groups in total. The first-order valence-electron chi connectivity index (χ1n) is 8.31. The molecule has 2 nitrogen and oxygen atoms in total. The molecule has 0 unspecified atom stereocenters. The normalized spacial score (nSPS) is 10.8. The van der Waals surface area contributed by atoms with Gasteiger partial charge < -0.3 is 4.57 Å². The Morgan fingerprint density at radius 2 is 1.38 bits per heavy atom. The van der Waals surface area contributed by atoms with Crippen molar-refractivity contribution in [3.63, 3.8) is 0 Å². The molecule has 0 amide bonds. The fraction of sp³-hybridized carbons (Fsp3) is 0.0455. The number of hydrogen-bond donors (Lipinski definition) is 0. The Bertz CT molecular complexity index is 1040. The Morgan fingerprint density at radius 3 is 2.04 bits per heavy atom. The predicted molar refractivity (Wildman–Crippen MR) is 98.6 cm³/mol. The van der Waals surface area contributed by atoms with Crippen LogP contribution in [0.2, 0.25) is 0 Å². The van der Waals surface area contributed by atoms with Gasteiger partial charge in [-0.2, -0.15) is 0 Å². The monoisotopic (exact) mass is 346 g/mol. The Morgan fingerprint density at radius 1 is 0.731 bits per heavy atom. The second kappa shape index (κ2) is 6.92. The molecule has 3 aromatic carbocycles. The second-order valence-corrected chi connectivity index (χ2v) is 6.03. The first kappa shape index (κ1) is 16.2. The highest BCUT2D eigenvalue weighted by Gasteiger charge is 2.17. The number of aromatic nitrogens is 2. The summed E-state index contributed by atoms with van der Waals surface area (Å²) in [5, 5.41) is 0. The average Bonchev–Trinajstić information content (AvgIpc) is 3.16. The largest absolute Gasteiger partial charge is 0.333 e. The zero-order chi connectivity index (χ0) is 17.9. The van der Waals surface area contributed by atoms with E-state index < -0.39 is 0 Å². The lowest BCUT2D eigenvalue weighted by Gasteiger charge is -2.17. The molecular weight excluding hydrogens is 330 g/mol. The first-order chi connectivity index (χ1) is 12.7. The van der Waals surface area contributed by atoms with Crippen molar-refractivity contribution in [3.8, 4) is 22.3 Å². The number of benzene rings is 3. The highest BCUT2D eigenvalue weighted by molar-refractivity contribution is 5.86. The Labute approximate surface area is 150 Å². The summed E-state index contributed by atoms with van der Waals surface area (Å²) in [6, 6.07) is 18.8. The van der Waals surface area contributed by atoms with Crippen molar-refractivity contribution in [2.75, 3.05) is 0 Å². The molecule has 0 fully saturated rings. The van der Waals surface area contributed by atoms with Crippen LogP contribution >= 0.6 is 0 Å². The lowest BCUT2D eigenvalue weighted by molar-refractivity contribution is 0.629. The Balaban J connectivity index is 1.97. The minimum Gasteiger partial charge on any atom is -0.333 e. The SMILES string of the molecule is Fc1ccccc1-c1cccc(Cn2ccnc2)c1-c1ccccc1F. The van der Waals surface area contributed by atoms with Gasteiger partial charge in [-0.1, -0.05) is 54.6 Å². The van der Waals surface area contributed by atoms with Crippen LogP contribution in [-0.4, -0.2) is 9.55 Å². The molecular formula is C22H16F2N2. The van der Waals surface area contributed by atoms with Gasteiger partial charge in [-0.05, 0) is 28.8 Å². The van der Waals surface area contributed by atoms with Crippen molar-refractivity contribution in [1.82, 2.24) is 9.55 Å². The number of imidazole rings is 1. The van der Waals surface area contributed by atoms with Crippen LogP contribution in [0, 0.1) is 11.6 Å². The molecule has 26 heavy (non-hydrogen) atoms. The van der Waals surface area contributed by atoms with E-state index in [4.69, 9.17) is 0 Å². The Hall–Kier alpha value is -3.27. The molecule has 1 heterocycles. The zero-order valence-electron chi connectivity index (χ0n) is 13.9. The molecule has 0 saturated carbocycles. The smallest absolute Gasteiger partial charge is 0.131 e. The van der Waals surface area contributed by atoms with Crippen LogP contribution in [0.25, 0.3) is 22.3 Å². The van der Waals surface area contributed by atoms with Crippen molar-refractivity contribution in [2.24, 2.45) is 0 Å². The quantitative estimate of drug-likeness (QED) is 0.474. The van der Waals surface area contributed by atoms with Crippen LogP contribution in [0.4, 0.5) is 8.78 Å². The fourth-order valence-corrected chi connectivity index (χ4v) is 3.19. The van der Waals surface area contributed by atoms with E-state index in [2.05, 4.69) is 4.98 Å². The fourth-order valence-electron chi connectivity index (χ4n) is 3.19. The van der Waals surface area contributed by atoms with Gasteiger partial charge in [-0.3, -0.25) is 0 Å². The number of rotatable bonds is 4. The van der Waals surface area contributed by atoms with Gasteiger partial charge in [0, 0.05) is 30.1 Å². The summed E-state index contributed by atoms with van der Waals surface area (Å²) < 4.78 is 31.0. The van der Waals surface area contributed by atoms with E-state index in [-0.39, 0.29) is 11.6 Å². The molecule has 0 saturated heterocycles. The molecule has 1 aromatic heterocycles. The van der Waals surface area contributed by atoms with E-state index in [0.717, 1.165) is 5.56 Å². The van der Waals surface area contributed by atoms with Gasteiger partial charge in [0.25, 0.3) is 0 Å². The standard InChI is InChI=1S/C22H16F2N2/c23-20-10-3-1-7-17(20)18-9-5-6-16(14-26-13-12-25-15-26)22(18)19-8-2-4-11-21(19)24/h1-13,15H,14H2. The summed E-state index contributed by atoms with van der Waals surface area (Å²) in [4.78, 5) is 4.06. The third-order valence-corrected chi connectivity index (χ3v) is 4.37. The van der Waals surface area contributed by atoms with Crippen LogP contribution in [0.1, 0.15) is 5.56 Å². The van der Waals surface area contributed by atoms with Gasteiger partial charge in [0.15, 0.2) is 0 Å².